The number of thioether (sulfide) groups is 1. The van der Waals surface area contributed by atoms with Gasteiger partial charge in [0, 0.05) is 18.3 Å². The maximum Gasteiger partial charge on any atom is 0.411 e. The summed E-state index contributed by atoms with van der Waals surface area (Å²) in [5.41, 5.74) is 3.38. The normalized spacial score (nSPS) is 26.0. The first kappa shape index (κ1) is 31.8. The highest BCUT2D eigenvalue weighted by molar-refractivity contribution is 8.02. The van der Waals surface area contributed by atoms with Gasteiger partial charge in [0.05, 0.1) is 29.4 Å². The molecule has 3 aliphatic heterocycles. The summed E-state index contributed by atoms with van der Waals surface area (Å²) < 4.78 is 15.1. The van der Waals surface area contributed by atoms with Gasteiger partial charge in [0.25, 0.3) is 0 Å². The minimum Gasteiger partial charge on any atom is -0.541 e. The summed E-state index contributed by atoms with van der Waals surface area (Å²) in [5, 5.41) is 5.64. The number of β-lactam (4-membered cyclic amide) rings is 1. The fraction of sp³-hybridized carbons (Fsp3) is 0.640. The molecular weight excluding hydrogens is 589 g/mol. The Morgan fingerprint density at radius 2 is 1.95 bits per heavy atom. The Balaban J connectivity index is 1.55. The van der Waals surface area contributed by atoms with Crippen molar-refractivity contribution in [3.63, 3.8) is 0 Å². The van der Waals surface area contributed by atoms with Crippen LogP contribution in [0.2, 0.25) is 0 Å². The van der Waals surface area contributed by atoms with Gasteiger partial charge in [-0.25, -0.2) is 14.6 Å². The predicted octanol–water partition coefficient (Wildman–Crippen LogP) is 0.886. The Labute approximate surface area is 252 Å². The van der Waals surface area contributed by atoms with E-state index in [0.29, 0.717) is 5.01 Å². The fourth-order valence-electron chi connectivity index (χ4n) is 4.58. The summed E-state index contributed by atoms with van der Waals surface area (Å²) in [7, 11) is 5.22. The van der Waals surface area contributed by atoms with Gasteiger partial charge in [-0.3, -0.25) is 19.3 Å². The van der Waals surface area contributed by atoms with Crippen LogP contribution in [0.25, 0.3) is 0 Å². The molecule has 4 rings (SSSR count). The number of rotatable bonds is 10. The van der Waals surface area contributed by atoms with Crippen molar-refractivity contribution in [3.05, 3.63) is 16.1 Å². The van der Waals surface area contributed by atoms with Crippen LogP contribution in [-0.4, -0.2) is 105 Å². The lowest BCUT2D eigenvalue weighted by Gasteiger charge is -2.40. The number of carbonyl (C=O) groups excluding carboxylic acids is 5. The first-order chi connectivity index (χ1) is 19.5. The van der Waals surface area contributed by atoms with Crippen LogP contribution in [0.3, 0.4) is 0 Å². The maximum absolute atomic E-state index is 13.6. The molecule has 0 bridgehead atoms. The Bertz CT molecular complexity index is 1330. The molecule has 3 fully saturated rings. The summed E-state index contributed by atoms with van der Waals surface area (Å²) in [6, 6.07) is 0. The standard InChI is InChI=1S/C25H32BN5O9S2/c1-12-28-15(10-41-12)17(29-40-24(5,6)20(34)38-23(2,3)4)16(32)7-14-18(33)30-11-25(21(35)39-26,42-19(14)30)31-9-13(8-27)37-22(31)36/h10,13-14,19H,7-9,11,27H2,1-6H3/b29-17-/t13?,14?,19-,25-/m1/s1. The minimum absolute atomic E-state index is 0.000532. The molecule has 42 heavy (non-hydrogen) atoms. The van der Waals surface area contributed by atoms with Crippen LogP contribution >= 0.6 is 23.1 Å². The number of thiazole rings is 1. The molecule has 14 nitrogen and oxygen atoms in total. The Morgan fingerprint density at radius 3 is 2.50 bits per heavy atom. The van der Waals surface area contributed by atoms with Crippen molar-refractivity contribution in [2.24, 2.45) is 16.8 Å². The molecule has 0 aromatic carbocycles. The number of amides is 2. The number of Topliss-reactive ketones (excluding diaryl/α,β-unsaturated/α-hetero) is 1. The molecule has 1 aromatic heterocycles. The highest BCUT2D eigenvalue weighted by Crippen LogP contribution is 2.53. The van der Waals surface area contributed by atoms with E-state index in [2.05, 4.69) is 14.8 Å². The predicted molar refractivity (Wildman–Crippen MR) is 151 cm³/mol. The lowest BCUT2D eigenvalue weighted by Crippen LogP contribution is -2.59. The molecule has 2 amide bonds. The topological polar surface area (TPSA) is 180 Å². The zero-order valence-electron chi connectivity index (χ0n) is 24.1. The number of carbonyl (C=O) groups is 5. The van der Waals surface area contributed by atoms with Gasteiger partial charge in [0.2, 0.25) is 16.4 Å². The van der Waals surface area contributed by atoms with Gasteiger partial charge < -0.3 is 29.6 Å². The summed E-state index contributed by atoms with van der Waals surface area (Å²) in [5.74, 6) is -3.46. The summed E-state index contributed by atoms with van der Waals surface area (Å²) >= 11 is 2.27. The first-order valence-corrected chi connectivity index (χ1v) is 14.8. The van der Waals surface area contributed by atoms with E-state index >= 15 is 0 Å². The average molecular weight is 622 g/mol. The zero-order chi connectivity index (χ0) is 31.2. The number of ketones is 1. The van der Waals surface area contributed by atoms with Gasteiger partial charge in [-0.05, 0) is 41.5 Å². The second-order valence-corrected chi connectivity index (χ2v) is 14.0. The highest BCUT2D eigenvalue weighted by Gasteiger charge is 2.66. The fourth-order valence-corrected chi connectivity index (χ4v) is 6.89. The number of oxime groups is 1. The molecule has 1 aromatic rings. The Kier molecular flexibility index (Phi) is 8.68. The molecule has 2 radical (unpaired) electrons. The van der Waals surface area contributed by atoms with Crippen LogP contribution in [0.4, 0.5) is 4.79 Å². The van der Waals surface area contributed by atoms with Gasteiger partial charge in [0.15, 0.2) is 11.5 Å². The van der Waals surface area contributed by atoms with E-state index in [0.717, 1.165) is 16.7 Å². The molecule has 0 aliphatic carbocycles. The number of esters is 1. The number of nitrogens with zero attached hydrogens (tertiary/aromatic N) is 4. The second-order valence-electron chi connectivity index (χ2n) is 11.5. The number of hydrogen-bond acceptors (Lipinski definition) is 14. The Morgan fingerprint density at radius 1 is 1.26 bits per heavy atom. The highest BCUT2D eigenvalue weighted by atomic mass is 32.2. The van der Waals surface area contributed by atoms with Crippen molar-refractivity contribution in [2.75, 3.05) is 19.6 Å². The van der Waals surface area contributed by atoms with Crippen LogP contribution in [0.1, 0.15) is 51.7 Å². The first-order valence-electron chi connectivity index (χ1n) is 13.1. The molecule has 2 unspecified atom stereocenters. The van der Waals surface area contributed by atoms with Crippen molar-refractivity contribution in [1.82, 2.24) is 14.8 Å². The molecular formula is C25H32BN5O9S2. The van der Waals surface area contributed by atoms with Crippen LogP contribution in [0, 0.1) is 12.8 Å². The van der Waals surface area contributed by atoms with Crippen LogP contribution in [0.15, 0.2) is 10.5 Å². The SMILES string of the molecule is [B]OC(=O)[C@@]1(N2CC(CN)OC2=O)CN2C(=O)C(CC(=O)/C(=N\OC(C)(C)C(=O)OC(C)(C)C)c3csc(C)n3)[C@H]2S1. The molecule has 3 aliphatic rings. The number of cyclic esters (lactones) is 1. The summed E-state index contributed by atoms with van der Waals surface area (Å²) in [4.78, 5) is 75.7. The lowest BCUT2D eigenvalue weighted by atomic mass is 9.90. The number of hydrogen-bond donors (Lipinski definition) is 1. The third-order valence-electron chi connectivity index (χ3n) is 6.74. The third kappa shape index (κ3) is 5.99. The van der Waals surface area contributed by atoms with Crippen LogP contribution in [-0.2, 0) is 38.1 Å². The second kappa shape index (κ2) is 11.5. The minimum atomic E-state index is -1.67. The van der Waals surface area contributed by atoms with E-state index in [9.17, 15) is 24.0 Å². The monoisotopic (exact) mass is 621 g/mol. The Hall–Kier alpha value is -3.18. The number of aryl methyl sites for hydroxylation is 1. The van der Waals surface area contributed by atoms with Crippen molar-refractivity contribution >= 4 is 66.6 Å². The molecule has 3 saturated heterocycles. The number of fused-ring (bicyclic) bond motifs is 1. The largest absolute Gasteiger partial charge is 0.541 e. The molecule has 0 spiro atoms. The lowest BCUT2D eigenvalue weighted by molar-refractivity contribution is -0.179. The van der Waals surface area contributed by atoms with Gasteiger partial charge in [-0.1, -0.05) is 16.9 Å². The van der Waals surface area contributed by atoms with Gasteiger partial charge in [-0.15, -0.1) is 11.3 Å². The molecule has 17 heteroatoms. The third-order valence-corrected chi connectivity index (χ3v) is 9.24. The average Bonchev–Trinajstić information content (AvgIpc) is 3.61. The maximum atomic E-state index is 13.6. The van der Waals surface area contributed by atoms with E-state index in [1.165, 1.54) is 30.1 Å². The quantitative estimate of drug-likeness (QED) is 0.128. The van der Waals surface area contributed by atoms with E-state index < -0.39 is 63.2 Å². The van der Waals surface area contributed by atoms with Crippen molar-refractivity contribution in [1.29, 1.82) is 0 Å². The van der Waals surface area contributed by atoms with Crippen molar-refractivity contribution < 1.29 is 42.9 Å². The van der Waals surface area contributed by atoms with E-state index in [1.807, 2.05) is 0 Å². The number of ether oxygens (including phenoxy) is 2. The van der Waals surface area contributed by atoms with Gasteiger partial charge in [0.1, 0.15) is 17.4 Å². The van der Waals surface area contributed by atoms with E-state index in [4.69, 9.17) is 28.1 Å². The summed E-state index contributed by atoms with van der Waals surface area (Å²) in [6.45, 7) is 9.63. The molecule has 4 atom stereocenters. The van der Waals surface area contributed by atoms with Crippen LogP contribution < -0.4 is 5.73 Å². The van der Waals surface area contributed by atoms with Gasteiger partial charge in [-0.2, -0.15) is 0 Å². The van der Waals surface area contributed by atoms with E-state index in [1.54, 1.807) is 33.1 Å². The van der Waals surface area contributed by atoms with Crippen LogP contribution in [0.5, 0.6) is 0 Å². The van der Waals surface area contributed by atoms with Crippen molar-refractivity contribution in [2.45, 2.75) is 75.5 Å². The number of nitrogens with two attached hydrogens (primary N) is 1. The zero-order valence-corrected chi connectivity index (χ0v) is 25.7. The van der Waals surface area contributed by atoms with Gasteiger partial charge >= 0.3 is 26.1 Å². The number of aromatic nitrogens is 1. The van der Waals surface area contributed by atoms with Crippen molar-refractivity contribution in [3.8, 4) is 0 Å². The summed E-state index contributed by atoms with van der Waals surface area (Å²) in [6.07, 6.45) is -1.74. The van der Waals surface area contributed by atoms with E-state index in [-0.39, 0.29) is 37.5 Å². The smallest absolute Gasteiger partial charge is 0.411 e. The molecule has 226 valence electrons. The molecule has 0 saturated carbocycles. The molecule has 4 heterocycles. The molecule has 2 N–H and O–H groups in total.